The number of ether oxygens (including phenoxy) is 1. The number of nitrogens with one attached hydrogen (secondary N) is 1. The van der Waals surface area contributed by atoms with Crippen LogP contribution in [-0.2, 0) is 0 Å². The Morgan fingerprint density at radius 2 is 2.08 bits per heavy atom. The van der Waals surface area contributed by atoms with E-state index in [9.17, 15) is 4.79 Å². The van der Waals surface area contributed by atoms with Crippen LogP contribution in [0.4, 0.5) is 5.69 Å². The van der Waals surface area contributed by atoms with Crippen LogP contribution in [-0.4, -0.2) is 27.3 Å². The summed E-state index contributed by atoms with van der Waals surface area (Å²) in [6, 6.07) is 12.6. The van der Waals surface area contributed by atoms with E-state index in [0.717, 1.165) is 4.47 Å². The minimum absolute atomic E-state index is 0.0462. The highest BCUT2D eigenvalue weighted by atomic mass is 79.9. The lowest BCUT2D eigenvalue weighted by atomic mass is 10.3. The van der Waals surface area contributed by atoms with Crippen LogP contribution >= 0.6 is 27.5 Å². The molecule has 0 bridgehead atoms. The Morgan fingerprint density at radius 1 is 1.31 bits per heavy atom. The fourth-order valence-corrected chi connectivity index (χ4v) is 2.97. The molecule has 3 aromatic rings. The van der Waals surface area contributed by atoms with E-state index in [1.165, 1.54) is 0 Å². The van der Waals surface area contributed by atoms with Gasteiger partial charge in [0, 0.05) is 4.47 Å². The monoisotopic (exact) mass is 434 g/mol. The van der Waals surface area contributed by atoms with Crippen molar-refractivity contribution >= 4 is 39.1 Å². The number of benzene rings is 2. The molecule has 134 valence electrons. The van der Waals surface area contributed by atoms with Crippen LogP contribution in [0.15, 0.2) is 46.9 Å². The number of nitrogens with zero attached hydrogens (tertiary/aromatic N) is 3. The van der Waals surface area contributed by atoms with Crippen molar-refractivity contribution in [3.8, 4) is 11.4 Å². The zero-order valence-electron chi connectivity index (χ0n) is 14.2. The number of aryl methyl sites for hydroxylation is 1. The first-order valence-electron chi connectivity index (χ1n) is 7.92. The van der Waals surface area contributed by atoms with Crippen LogP contribution in [0.3, 0.4) is 0 Å². The molecule has 0 aliphatic rings. The maximum absolute atomic E-state index is 12.6. The van der Waals surface area contributed by atoms with Gasteiger partial charge >= 0.3 is 0 Å². The van der Waals surface area contributed by atoms with Crippen molar-refractivity contribution in [1.29, 1.82) is 0 Å². The molecule has 0 saturated heterocycles. The fraction of sp³-hybridized carbons (Fsp3) is 0.167. The first-order chi connectivity index (χ1) is 12.5. The van der Waals surface area contributed by atoms with Gasteiger partial charge in [0.2, 0.25) is 5.82 Å². The summed E-state index contributed by atoms with van der Waals surface area (Å²) in [5.74, 6) is 0.747. The van der Waals surface area contributed by atoms with Crippen LogP contribution in [0.25, 0.3) is 5.69 Å². The van der Waals surface area contributed by atoms with Gasteiger partial charge in [-0.1, -0.05) is 39.7 Å². The maximum Gasteiger partial charge on any atom is 0.295 e. The Kier molecular flexibility index (Phi) is 5.58. The maximum atomic E-state index is 12.6. The van der Waals surface area contributed by atoms with E-state index in [0.29, 0.717) is 34.6 Å². The molecule has 8 heteroatoms. The third kappa shape index (κ3) is 3.89. The number of halogens is 2. The van der Waals surface area contributed by atoms with Crippen molar-refractivity contribution in [2.24, 2.45) is 0 Å². The molecule has 1 N–H and O–H groups in total. The van der Waals surface area contributed by atoms with Gasteiger partial charge in [-0.05, 0) is 44.2 Å². The van der Waals surface area contributed by atoms with Crippen molar-refractivity contribution in [1.82, 2.24) is 14.8 Å². The molecule has 26 heavy (non-hydrogen) atoms. The Hall–Kier alpha value is -2.38. The van der Waals surface area contributed by atoms with E-state index in [4.69, 9.17) is 16.3 Å². The van der Waals surface area contributed by atoms with Gasteiger partial charge in [0.25, 0.3) is 5.91 Å². The minimum Gasteiger partial charge on any atom is -0.492 e. The average molecular weight is 436 g/mol. The van der Waals surface area contributed by atoms with Gasteiger partial charge in [0.1, 0.15) is 11.6 Å². The van der Waals surface area contributed by atoms with Gasteiger partial charge in [-0.2, -0.15) is 0 Å². The first-order valence-corrected chi connectivity index (χ1v) is 9.09. The predicted molar refractivity (Wildman–Crippen MR) is 104 cm³/mol. The third-order valence-corrected chi connectivity index (χ3v) is 4.36. The number of amides is 1. The van der Waals surface area contributed by atoms with Gasteiger partial charge in [-0.15, -0.1) is 5.10 Å². The minimum atomic E-state index is -0.432. The normalized spacial score (nSPS) is 10.6. The van der Waals surface area contributed by atoms with E-state index in [-0.39, 0.29) is 5.82 Å². The van der Waals surface area contributed by atoms with Crippen molar-refractivity contribution in [2.45, 2.75) is 13.8 Å². The lowest BCUT2D eigenvalue weighted by molar-refractivity contribution is 0.101. The van der Waals surface area contributed by atoms with Gasteiger partial charge in [-0.25, -0.2) is 9.67 Å². The second-order valence-electron chi connectivity index (χ2n) is 5.37. The molecule has 0 spiro atoms. The number of hydrogen-bond acceptors (Lipinski definition) is 4. The zero-order chi connectivity index (χ0) is 18.7. The summed E-state index contributed by atoms with van der Waals surface area (Å²) in [6.07, 6.45) is 0. The smallest absolute Gasteiger partial charge is 0.295 e. The quantitative estimate of drug-likeness (QED) is 0.634. The van der Waals surface area contributed by atoms with Gasteiger partial charge in [-0.3, -0.25) is 4.79 Å². The van der Waals surface area contributed by atoms with Crippen molar-refractivity contribution in [3.05, 3.63) is 63.6 Å². The summed E-state index contributed by atoms with van der Waals surface area (Å²) < 4.78 is 7.91. The number of hydrogen-bond donors (Lipinski definition) is 1. The lowest BCUT2D eigenvalue weighted by Gasteiger charge is -2.11. The summed E-state index contributed by atoms with van der Waals surface area (Å²) in [4.78, 5) is 16.9. The Labute approximate surface area is 164 Å². The largest absolute Gasteiger partial charge is 0.492 e. The van der Waals surface area contributed by atoms with Crippen LogP contribution in [0.5, 0.6) is 5.75 Å². The summed E-state index contributed by atoms with van der Waals surface area (Å²) >= 11 is 9.60. The molecule has 3 rings (SSSR count). The van der Waals surface area contributed by atoms with E-state index < -0.39 is 5.91 Å². The molecule has 0 saturated carbocycles. The molecule has 0 radical (unpaired) electrons. The number of anilines is 1. The second-order valence-corrected chi connectivity index (χ2v) is 6.70. The summed E-state index contributed by atoms with van der Waals surface area (Å²) in [5, 5.41) is 7.61. The highest BCUT2D eigenvalue weighted by molar-refractivity contribution is 9.10. The van der Waals surface area contributed by atoms with Crippen molar-refractivity contribution < 1.29 is 9.53 Å². The fourth-order valence-electron chi connectivity index (χ4n) is 2.40. The molecule has 1 aromatic heterocycles. The van der Waals surface area contributed by atoms with Crippen LogP contribution < -0.4 is 10.1 Å². The Morgan fingerprint density at radius 3 is 2.81 bits per heavy atom. The molecular formula is C18H16BrClN4O2. The SMILES string of the molecule is CCOc1ccc(Br)cc1NC(=O)c1nc(C)n(-c2ccccc2Cl)n1. The van der Waals surface area contributed by atoms with E-state index in [2.05, 4.69) is 31.3 Å². The molecule has 0 unspecified atom stereocenters. The molecule has 0 aliphatic carbocycles. The molecule has 2 aromatic carbocycles. The number of carbonyl (C=O) groups is 1. The highest BCUT2D eigenvalue weighted by Gasteiger charge is 2.18. The number of aromatic nitrogens is 3. The Balaban J connectivity index is 1.89. The standard InChI is InChI=1S/C18H16BrClN4O2/c1-3-26-16-9-8-12(19)10-14(16)22-18(25)17-21-11(2)24(23-17)15-7-5-4-6-13(15)20/h4-10H,3H2,1-2H3,(H,22,25). The number of carbonyl (C=O) groups excluding carboxylic acids is 1. The van der Waals surface area contributed by atoms with Crippen LogP contribution in [0.1, 0.15) is 23.4 Å². The summed E-state index contributed by atoms with van der Waals surface area (Å²) in [7, 11) is 0. The number of para-hydroxylation sites is 1. The van der Waals surface area contributed by atoms with Crippen molar-refractivity contribution in [3.63, 3.8) is 0 Å². The first kappa shape index (κ1) is 18.4. The molecule has 0 aliphatic heterocycles. The highest BCUT2D eigenvalue weighted by Crippen LogP contribution is 2.28. The van der Waals surface area contributed by atoms with Crippen LogP contribution in [0.2, 0.25) is 5.02 Å². The Bertz CT molecular complexity index is 958. The predicted octanol–water partition coefficient (Wildman–Crippen LogP) is 4.64. The zero-order valence-corrected chi connectivity index (χ0v) is 16.5. The summed E-state index contributed by atoms with van der Waals surface area (Å²) in [5.41, 5.74) is 1.20. The molecule has 6 nitrogen and oxygen atoms in total. The number of rotatable bonds is 5. The van der Waals surface area contributed by atoms with Gasteiger partial charge in [0.05, 0.1) is 23.0 Å². The van der Waals surface area contributed by atoms with Gasteiger partial charge in [0.15, 0.2) is 0 Å². The van der Waals surface area contributed by atoms with Gasteiger partial charge < -0.3 is 10.1 Å². The molecular weight excluding hydrogens is 420 g/mol. The second kappa shape index (κ2) is 7.88. The molecule has 1 heterocycles. The molecule has 0 atom stereocenters. The van der Waals surface area contributed by atoms with E-state index in [1.807, 2.05) is 31.2 Å². The summed E-state index contributed by atoms with van der Waals surface area (Å²) in [6.45, 7) is 4.13. The van der Waals surface area contributed by atoms with Crippen molar-refractivity contribution in [2.75, 3.05) is 11.9 Å². The lowest BCUT2D eigenvalue weighted by Crippen LogP contribution is -2.15. The molecule has 1 amide bonds. The van der Waals surface area contributed by atoms with Crippen LogP contribution in [0, 0.1) is 6.92 Å². The third-order valence-electron chi connectivity index (χ3n) is 3.54. The topological polar surface area (TPSA) is 69.0 Å². The molecule has 0 fully saturated rings. The van der Waals surface area contributed by atoms with E-state index in [1.54, 1.807) is 29.8 Å². The average Bonchev–Trinajstić information content (AvgIpc) is 3.00. The van der Waals surface area contributed by atoms with E-state index >= 15 is 0 Å².